The number of aliphatic hydroxyl groups is 1. The Morgan fingerprint density at radius 1 is 1.30 bits per heavy atom. The molecule has 1 atom stereocenters. The predicted molar refractivity (Wildman–Crippen MR) is 75.1 cm³/mol. The van der Waals surface area contributed by atoms with Gasteiger partial charge in [0.1, 0.15) is 0 Å². The van der Waals surface area contributed by atoms with E-state index in [0.29, 0.717) is 13.0 Å². The molecule has 0 aromatic heterocycles. The quantitative estimate of drug-likeness (QED) is 0.870. The Balaban J connectivity index is 2.00. The van der Waals surface area contributed by atoms with E-state index in [1.807, 2.05) is 6.92 Å². The molecule has 0 saturated carbocycles. The molecule has 1 heterocycles. The summed E-state index contributed by atoms with van der Waals surface area (Å²) in [6.07, 6.45) is 0.205. The summed E-state index contributed by atoms with van der Waals surface area (Å²) < 4.78 is 24.3. The third-order valence-electron chi connectivity index (χ3n) is 3.39. The van der Waals surface area contributed by atoms with Crippen molar-refractivity contribution in [3.8, 4) is 0 Å². The average Bonchev–Trinajstić information content (AvgIpc) is 2.74. The Morgan fingerprint density at radius 3 is 2.50 bits per heavy atom. The lowest BCUT2D eigenvalue weighted by molar-refractivity contribution is -0.128. The summed E-state index contributed by atoms with van der Waals surface area (Å²) in [5.41, 5.74) is 0.979. The van der Waals surface area contributed by atoms with Gasteiger partial charge in [-0.1, -0.05) is 17.7 Å². The topological polar surface area (TPSA) is 74.7 Å². The van der Waals surface area contributed by atoms with Crippen LogP contribution in [-0.4, -0.2) is 49.3 Å². The minimum Gasteiger partial charge on any atom is -0.390 e. The van der Waals surface area contributed by atoms with Gasteiger partial charge in [0.25, 0.3) is 0 Å². The van der Waals surface area contributed by atoms with E-state index in [2.05, 4.69) is 0 Å². The minimum atomic E-state index is -3.52. The fraction of sp³-hybridized carbons (Fsp3) is 0.500. The van der Waals surface area contributed by atoms with Crippen LogP contribution in [0.3, 0.4) is 0 Å². The van der Waals surface area contributed by atoms with Gasteiger partial charge in [0.2, 0.25) is 5.91 Å². The lowest BCUT2D eigenvalue weighted by Gasteiger charge is -2.19. The summed E-state index contributed by atoms with van der Waals surface area (Å²) in [5, 5.41) is 9.91. The molecule has 0 bridgehead atoms. The Labute approximate surface area is 119 Å². The number of carbonyl (C=O) groups is 1. The molecule has 2 rings (SSSR count). The molecule has 5 nitrogen and oxygen atoms in total. The highest BCUT2D eigenvalue weighted by molar-refractivity contribution is 7.91. The van der Waals surface area contributed by atoms with E-state index >= 15 is 0 Å². The first-order chi connectivity index (χ1) is 9.38. The predicted octanol–water partition coefficient (Wildman–Crippen LogP) is 0.752. The number of aryl methyl sites for hydroxylation is 1. The van der Waals surface area contributed by atoms with Gasteiger partial charge in [0.05, 0.1) is 16.8 Å². The largest absolute Gasteiger partial charge is 0.390 e. The maximum absolute atomic E-state index is 12.1. The smallest absolute Gasteiger partial charge is 0.222 e. The van der Waals surface area contributed by atoms with Crippen molar-refractivity contribution < 1.29 is 18.3 Å². The van der Waals surface area contributed by atoms with Crippen LogP contribution in [0.25, 0.3) is 0 Å². The summed E-state index contributed by atoms with van der Waals surface area (Å²) in [6.45, 7) is 2.56. The van der Waals surface area contributed by atoms with Crippen LogP contribution in [0.15, 0.2) is 29.2 Å². The van der Waals surface area contributed by atoms with E-state index in [0.717, 1.165) is 12.0 Å². The molecule has 110 valence electrons. The standard InChI is InChI=1S/C14H19NO4S/c1-11-4-6-13(7-5-11)20(18,19)10-12(16)9-15-8-2-3-14(15)17/h4-7,12,16H,2-3,8-10H2,1H3/t12-/m0/s1. The monoisotopic (exact) mass is 297 g/mol. The highest BCUT2D eigenvalue weighted by atomic mass is 32.2. The fourth-order valence-electron chi connectivity index (χ4n) is 2.30. The summed E-state index contributed by atoms with van der Waals surface area (Å²) >= 11 is 0. The molecule has 1 aliphatic heterocycles. The van der Waals surface area contributed by atoms with Crippen LogP contribution in [0.1, 0.15) is 18.4 Å². The minimum absolute atomic E-state index is 0.0169. The van der Waals surface area contributed by atoms with Crippen molar-refractivity contribution in [2.24, 2.45) is 0 Å². The molecular formula is C14H19NO4S. The van der Waals surface area contributed by atoms with Crippen LogP contribution < -0.4 is 0 Å². The number of β-amino-alcohol motifs (C(OH)–C–C–N with tert-alkyl or cyclic N) is 1. The third-order valence-corrected chi connectivity index (χ3v) is 5.21. The second-order valence-electron chi connectivity index (χ2n) is 5.19. The van der Waals surface area contributed by atoms with Crippen molar-refractivity contribution in [1.29, 1.82) is 0 Å². The lowest BCUT2D eigenvalue weighted by atomic mass is 10.2. The van der Waals surface area contributed by atoms with Crippen molar-refractivity contribution in [3.63, 3.8) is 0 Å². The van der Waals surface area contributed by atoms with Gasteiger partial charge in [0.15, 0.2) is 9.84 Å². The van der Waals surface area contributed by atoms with Gasteiger partial charge in [-0.2, -0.15) is 0 Å². The van der Waals surface area contributed by atoms with E-state index in [4.69, 9.17) is 0 Å². The number of rotatable bonds is 5. The molecule has 0 aliphatic carbocycles. The Kier molecular flexibility index (Phi) is 4.45. The normalized spacial score (nSPS) is 17.5. The first-order valence-electron chi connectivity index (χ1n) is 6.64. The van der Waals surface area contributed by atoms with Crippen LogP contribution in [0.5, 0.6) is 0 Å². The number of nitrogens with zero attached hydrogens (tertiary/aromatic N) is 1. The van der Waals surface area contributed by atoms with E-state index in [9.17, 15) is 18.3 Å². The highest BCUT2D eigenvalue weighted by Crippen LogP contribution is 2.15. The Morgan fingerprint density at radius 2 is 1.95 bits per heavy atom. The number of benzene rings is 1. The van der Waals surface area contributed by atoms with Gasteiger partial charge in [-0.05, 0) is 25.5 Å². The van der Waals surface area contributed by atoms with Gasteiger partial charge in [-0.3, -0.25) is 4.79 Å². The Bertz CT molecular complexity index is 580. The van der Waals surface area contributed by atoms with Crippen molar-refractivity contribution >= 4 is 15.7 Å². The molecule has 1 aromatic rings. The molecule has 1 N–H and O–H groups in total. The first kappa shape index (κ1) is 15.0. The van der Waals surface area contributed by atoms with Crippen LogP contribution in [0.2, 0.25) is 0 Å². The zero-order valence-corrected chi connectivity index (χ0v) is 12.3. The lowest BCUT2D eigenvalue weighted by Crippen LogP contribution is -2.36. The highest BCUT2D eigenvalue weighted by Gasteiger charge is 2.26. The summed E-state index contributed by atoms with van der Waals surface area (Å²) in [4.78, 5) is 13.2. The van der Waals surface area contributed by atoms with Crippen LogP contribution in [0, 0.1) is 6.92 Å². The number of carbonyl (C=O) groups excluding carboxylic acids is 1. The second-order valence-corrected chi connectivity index (χ2v) is 7.23. The number of hydrogen-bond donors (Lipinski definition) is 1. The molecule has 20 heavy (non-hydrogen) atoms. The van der Waals surface area contributed by atoms with Crippen LogP contribution in [-0.2, 0) is 14.6 Å². The molecule has 0 spiro atoms. The van der Waals surface area contributed by atoms with Gasteiger partial charge in [-0.25, -0.2) is 8.42 Å². The summed E-state index contributed by atoms with van der Waals surface area (Å²) in [7, 11) is -3.52. The maximum Gasteiger partial charge on any atom is 0.222 e. The molecule has 0 radical (unpaired) electrons. The van der Waals surface area contributed by atoms with Crippen molar-refractivity contribution in [3.05, 3.63) is 29.8 Å². The molecule has 6 heteroatoms. The number of aliphatic hydroxyl groups excluding tert-OH is 1. The van der Waals surface area contributed by atoms with Crippen molar-refractivity contribution in [2.45, 2.75) is 30.8 Å². The molecule has 1 aliphatic rings. The van der Waals surface area contributed by atoms with Gasteiger partial charge >= 0.3 is 0 Å². The van der Waals surface area contributed by atoms with Gasteiger partial charge in [-0.15, -0.1) is 0 Å². The molecule has 1 saturated heterocycles. The third kappa shape index (κ3) is 3.58. The fourth-order valence-corrected chi connectivity index (χ4v) is 3.65. The van der Waals surface area contributed by atoms with Crippen LogP contribution >= 0.6 is 0 Å². The van der Waals surface area contributed by atoms with Gasteiger partial charge in [0, 0.05) is 19.5 Å². The molecule has 0 unspecified atom stereocenters. The molecule has 1 aromatic carbocycles. The second kappa shape index (κ2) is 5.93. The van der Waals surface area contributed by atoms with E-state index in [1.54, 1.807) is 24.3 Å². The molecular weight excluding hydrogens is 278 g/mol. The SMILES string of the molecule is Cc1ccc(S(=O)(=O)C[C@@H](O)CN2CCCC2=O)cc1. The maximum atomic E-state index is 12.1. The number of amides is 1. The Hall–Kier alpha value is -1.40. The zero-order valence-electron chi connectivity index (χ0n) is 11.4. The first-order valence-corrected chi connectivity index (χ1v) is 8.29. The van der Waals surface area contributed by atoms with E-state index < -0.39 is 15.9 Å². The van der Waals surface area contributed by atoms with Crippen molar-refractivity contribution in [1.82, 2.24) is 4.90 Å². The van der Waals surface area contributed by atoms with Crippen LogP contribution in [0.4, 0.5) is 0 Å². The number of hydrogen-bond acceptors (Lipinski definition) is 4. The molecule has 1 amide bonds. The summed E-state index contributed by atoms with van der Waals surface area (Å²) in [5.74, 6) is -0.378. The molecule has 1 fully saturated rings. The zero-order chi connectivity index (χ0) is 14.8. The number of likely N-dealkylation sites (tertiary alicyclic amines) is 1. The summed E-state index contributed by atoms with van der Waals surface area (Å²) in [6, 6.07) is 6.53. The van der Waals surface area contributed by atoms with Gasteiger partial charge < -0.3 is 10.0 Å². The van der Waals surface area contributed by atoms with E-state index in [1.165, 1.54) is 4.90 Å². The number of sulfone groups is 1. The average molecular weight is 297 g/mol. The van der Waals surface area contributed by atoms with Crippen molar-refractivity contribution in [2.75, 3.05) is 18.8 Å². The van der Waals surface area contributed by atoms with E-state index in [-0.39, 0.29) is 23.1 Å².